The van der Waals surface area contributed by atoms with E-state index in [4.69, 9.17) is 19.8 Å². The summed E-state index contributed by atoms with van der Waals surface area (Å²) < 4.78 is 0. The van der Waals surface area contributed by atoms with Crippen molar-refractivity contribution in [3.05, 3.63) is 0 Å². The third kappa shape index (κ3) is 134. The molecule has 0 aromatic rings. The molecule has 0 spiro atoms. The maximum absolute atomic E-state index is 8.67. The van der Waals surface area contributed by atoms with E-state index in [0.717, 1.165) is 0 Å². The monoisotopic (exact) mass is 152 g/mol. The number of rotatable bonds is 0. The SMILES string of the molecule is NC(=O)[O-].NC(=O)[O-].[S+2]. The van der Waals surface area contributed by atoms with Gasteiger partial charge in [0.25, 0.3) is 0 Å². The number of primary amides is 2. The molecule has 0 fully saturated rings. The summed E-state index contributed by atoms with van der Waals surface area (Å²) in [6.45, 7) is 0. The smallest absolute Gasteiger partial charge is 0.530 e. The highest BCUT2D eigenvalue weighted by Crippen LogP contribution is 1.23. The standard InChI is InChI=1S/2CH3NO2.S/c2*2-1(3)4;/h2*2H2,(H,3,4);/q;;+2/p-2. The van der Waals surface area contributed by atoms with Gasteiger partial charge in [-0.3, -0.25) is 0 Å². The third-order valence-electron chi connectivity index (χ3n) is 0. The van der Waals surface area contributed by atoms with Gasteiger partial charge in [-0.05, 0) is 0 Å². The minimum absolute atomic E-state index is 0. The molecule has 0 saturated heterocycles. The summed E-state index contributed by atoms with van der Waals surface area (Å²) in [4.78, 5) is 17.3. The van der Waals surface area contributed by atoms with Crippen molar-refractivity contribution >= 4 is 25.7 Å². The molecule has 52 valence electrons. The number of hydrogen-bond acceptors (Lipinski definition) is 4. The van der Waals surface area contributed by atoms with Gasteiger partial charge in [0.2, 0.25) is 0 Å². The van der Waals surface area contributed by atoms with Gasteiger partial charge in [-0.25, -0.2) is 0 Å². The quantitative estimate of drug-likeness (QED) is 0.373. The highest BCUT2D eigenvalue weighted by atomic mass is 32.1. The van der Waals surface area contributed by atoms with Crippen molar-refractivity contribution < 1.29 is 19.8 Å². The van der Waals surface area contributed by atoms with Gasteiger partial charge in [0.1, 0.15) is 12.2 Å². The maximum Gasteiger partial charge on any atom is 2.00 e. The topological polar surface area (TPSA) is 132 Å². The Kier molecular flexibility index (Phi) is 17.4. The predicted molar refractivity (Wildman–Crippen MR) is 26.5 cm³/mol. The zero-order valence-electron chi connectivity index (χ0n) is 4.20. The van der Waals surface area contributed by atoms with Gasteiger partial charge in [0.05, 0.1) is 0 Å². The summed E-state index contributed by atoms with van der Waals surface area (Å²) >= 11 is 0. The Bertz CT molecular complexity index is 74.6. The van der Waals surface area contributed by atoms with Crippen molar-refractivity contribution in [2.45, 2.75) is 0 Å². The van der Waals surface area contributed by atoms with Gasteiger partial charge in [-0.2, -0.15) is 0 Å². The molecule has 0 heterocycles. The molecule has 9 heavy (non-hydrogen) atoms. The van der Waals surface area contributed by atoms with Gasteiger partial charge in [-0.15, -0.1) is 0 Å². The van der Waals surface area contributed by atoms with Crippen LogP contribution in [0.15, 0.2) is 0 Å². The van der Waals surface area contributed by atoms with E-state index in [1.165, 1.54) is 0 Å². The van der Waals surface area contributed by atoms with Crippen LogP contribution in [0.25, 0.3) is 0 Å². The number of nitrogens with two attached hydrogens (primary N) is 2. The van der Waals surface area contributed by atoms with E-state index < -0.39 is 12.2 Å². The molecule has 0 aliphatic carbocycles. The van der Waals surface area contributed by atoms with Crippen LogP contribution in [0.2, 0.25) is 0 Å². The molecule has 0 atom stereocenters. The minimum Gasteiger partial charge on any atom is -0.530 e. The molecule has 0 rings (SSSR count). The van der Waals surface area contributed by atoms with Crippen LogP contribution in [0.1, 0.15) is 0 Å². The van der Waals surface area contributed by atoms with Crippen molar-refractivity contribution in [2.24, 2.45) is 11.5 Å². The van der Waals surface area contributed by atoms with Crippen LogP contribution in [-0.4, -0.2) is 12.2 Å². The van der Waals surface area contributed by atoms with Gasteiger partial charge in [0, 0.05) is 0 Å². The molecule has 7 heteroatoms. The van der Waals surface area contributed by atoms with Crippen molar-refractivity contribution in [3.63, 3.8) is 0 Å². The largest absolute Gasteiger partial charge is 2.00 e. The number of carbonyl (C=O) groups is 2. The Hall–Kier alpha value is -1.11. The maximum atomic E-state index is 8.67. The molecule has 0 aliphatic rings. The van der Waals surface area contributed by atoms with E-state index in [9.17, 15) is 0 Å². The normalized spacial score (nSPS) is 5.33. The molecule has 0 saturated carbocycles. The average molecular weight is 152 g/mol. The molecule has 0 aliphatic heterocycles. The minimum atomic E-state index is -1.58. The van der Waals surface area contributed by atoms with Crippen LogP contribution in [0.4, 0.5) is 9.59 Å². The lowest BCUT2D eigenvalue weighted by atomic mass is 11.3. The number of amides is 2. The Morgan fingerprint density at radius 2 is 1.00 bits per heavy atom. The Balaban J connectivity index is -0.0000000720. The van der Waals surface area contributed by atoms with Crippen molar-refractivity contribution in [2.75, 3.05) is 0 Å². The van der Waals surface area contributed by atoms with E-state index in [2.05, 4.69) is 11.5 Å². The van der Waals surface area contributed by atoms with Gasteiger partial charge < -0.3 is 31.3 Å². The Morgan fingerprint density at radius 3 is 1.00 bits per heavy atom. The second kappa shape index (κ2) is 10.00. The van der Waals surface area contributed by atoms with Crippen LogP contribution in [0.5, 0.6) is 0 Å². The fourth-order valence-electron chi connectivity index (χ4n) is 0. The third-order valence-corrected chi connectivity index (χ3v) is 0. The Morgan fingerprint density at radius 1 is 1.00 bits per heavy atom. The fourth-order valence-corrected chi connectivity index (χ4v) is 0. The van der Waals surface area contributed by atoms with Gasteiger partial charge in [0.15, 0.2) is 0 Å². The van der Waals surface area contributed by atoms with Crippen molar-refractivity contribution in [1.29, 1.82) is 0 Å². The molecule has 0 bridgehead atoms. The zero-order valence-corrected chi connectivity index (χ0v) is 5.01. The molecule has 4 N–H and O–H groups in total. The summed E-state index contributed by atoms with van der Waals surface area (Å²) in [6.07, 6.45) is -3.17. The fraction of sp³-hybridized carbons (Fsp3) is 0. The van der Waals surface area contributed by atoms with Crippen molar-refractivity contribution in [3.8, 4) is 0 Å². The lowest BCUT2D eigenvalue weighted by Crippen LogP contribution is -2.29. The first kappa shape index (κ1) is 15.7. The first-order valence-electron chi connectivity index (χ1n) is 1.39. The first-order chi connectivity index (χ1) is 3.46. The van der Waals surface area contributed by atoms with Crippen LogP contribution >= 0.6 is 0 Å². The van der Waals surface area contributed by atoms with E-state index in [1.807, 2.05) is 0 Å². The second-order valence-corrected chi connectivity index (χ2v) is 0.638. The number of carboxylic acid groups (broad SMARTS) is 2. The van der Waals surface area contributed by atoms with E-state index in [0.29, 0.717) is 0 Å². The predicted octanol–water partition coefficient (Wildman–Crippen LogP) is -3.43. The molecule has 0 aromatic heterocycles. The molecular formula is C2H4N2O4S. The van der Waals surface area contributed by atoms with Crippen LogP contribution in [0.3, 0.4) is 0 Å². The van der Waals surface area contributed by atoms with Crippen molar-refractivity contribution in [1.82, 2.24) is 0 Å². The summed E-state index contributed by atoms with van der Waals surface area (Å²) in [5, 5.41) is 17.3. The van der Waals surface area contributed by atoms with Crippen LogP contribution in [0, 0.1) is 0 Å². The molecule has 4 radical (unpaired) electrons. The first-order valence-corrected chi connectivity index (χ1v) is 1.39. The average Bonchev–Trinajstić information content (AvgIpc) is 1.25. The number of carbonyl (C=O) groups excluding carboxylic acids is 2. The highest BCUT2D eigenvalue weighted by molar-refractivity contribution is 7.37. The molecule has 2 amide bonds. The lowest BCUT2D eigenvalue weighted by Gasteiger charge is -1.78. The summed E-state index contributed by atoms with van der Waals surface area (Å²) in [7, 11) is 0. The Labute approximate surface area is 57.9 Å². The van der Waals surface area contributed by atoms with Gasteiger partial charge in [-0.1, -0.05) is 0 Å². The molecular weight excluding hydrogens is 148 g/mol. The van der Waals surface area contributed by atoms with Gasteiger partial charge >= 0.3 is 13.5 Å². The zero-order chi connectivity index (χ0) is 7.15. The van der Waals surface area contributed by atoms with Crippen LogP contribution < -0.4 is 21.7 Å². The molecule has 0 aromatic carbocycles. The summed E-state index contributed by atoms with van der Waals surface area (Å²) in [5.41, 5.74) is 7.83. The van der Waals surface area contributed by atoms with E-state index in [1.54, 1.807) is 0 Å². The summed E-state index contributed by atoms with van der Waals surface area (Å²) in [5.74, 6) is 0. The summed E-state index contributed by atoms with van der Waals surface area (Å²) in [6, 6.07) is 0. The second-order valence-electron chi connectivity index (χ2n) is 0.638. The molecule has 0 unspecified atom stereocenters. The molecule has 6 nitrogen and oxygen atoms in total. The van der Waals surface area contributed by atoms with E-state index >= 15 is 0 Å². The van der Waals surface area contributed by atoms with E-state index in [-0.39, 0.29) is 13.5 Å². The van der Waals surface area contributed by atoms with Crippen LogP contribution in [-0.2, 0) is 13.5 Å². The number of hydrogen-bond donors (Lipinski definition) is 2. The lowest BCUT2D eigenvalue weighted by molar-refractivity contribution is -0.246. The highest BCUT2D eigenvalue weighted by Gasteiger charge is 2.00.